The Morgan fingerprint density at radius 3 is 2.48 bits per heavy atom. The molecule has 0 aromatic heterocycles. The van der Waals surface area contributed by atoms with Gasteiger partial charge in [0.05, 0.1) is 25.6 Å². The number of carbonyl (C=O) groups excluding carboxylic acids is 1. The first-order valence-electron chi connectivity index (χ1n) is 7.59. The summed E-state index contributed by atoms with van der Waals surface area (Å²) in [5, 5.41) is 2.61. The second-order valence-electron chi connectivity index (χ2n) is 5.22. The highest BCUT2D eigenvalue weighted by molar-refractivity contribution is 5.78. The van der Waals surface area contributed by atoms with E-state index in [0.717, 1.165) is 12.1 Å². The van der Waals surface area contributed by atoms with Crippen LogP contribution < -0.4 is 14.8 Å². The lowest BCUT2D eigenvalue weighted by Gasteiger charge is -2.11. The molecule has 0 aliphatic rings. The predicted octanol–water partition coefficient (Wildman–Crippen LogP) is 3.45. The van der Waals surface area contributed by atoms with Crippen LogP contribution in [0.3, 0.4) is 0 Å². The minimum absolute atomic E-state index is 0.126. The van der Waals surface area contributed by atoms with Gasteiger partial charge in [0.1, 0.15) is 6.61 Å². The van der Waals surface area contributed by atoms with Crippen molar-refractivity contribution >= 4 is 5.91 Å². The van der Waals surface area contributed by atoms with Gasteiger partial charge in [-0.3, -0.25) is 4.79 Å². The maximum Gasteiger partial charge on any atom is 0.416 e. The van der Waals surface area contributed by atoms with Crippen LogP contribution in [0.1, 0.15) is 11.1 Å². The van der Waals surface area contributed by atoms with Crippen LogP contribution in [0.15, 0.2) is 48.5 Å². The number of hydrogen-bond acceptors (Lipinski definition) is 3. The summed E-state index contributed by atoms with van der Waals surface area (Å²) in [6, 6.07) is 11.8. The van der Waals surface area contributed by atoms with Crippen LogP contribution in [0.2, 0.25) is 0 Å². The van der Waals surface area contributed by atoms with E-state index in [1.54, 1.807) is 18.2 Å². The van der Waals surface area contributed by atoms with Crippen molar-refractivity contribution in [3.63, 3.8) is 0 Å². The van der Waals surface area contributed by atoms with Gasteiger partial charge in [-0.15, -0.1) is 0 Å². The molecule has 0 aliphatic heterocycles. The molecular formula is C18H18F3NO3. The molecule has 7 heteroatoms. The number of methoxy groups -OCH3 is 1. The van der Waals surface area contributed by atoms with Gasteiger partial charge in [0.2, 0.25) is 5.91 Å². The molecular weight excluding hydrogens is 335 g/mol. The van der Waals surface area contributed by atoms with Crippen LogP contribution >= 0.6 is 0 Å². The SMILES string of the molecule is COc1ccccc1OCCNC(=O)Cc1cccc(C(F)(F)F)c1. The minimum atomic E-state index is -4.42. The summed E-state index contributed by atoms with van der Waals surface area (Å²) in [6.45, 7) is 0.449. The topological polar surface area (TPSA) is 47.6 Å². The highest BCUT2D eigenvalue weighted by atomic mass is 19.4. The van der Waals surface area contributed by atoms with Gasteiger partial charge >= 0.3 is 6.18 Å². The summed E-state index contributed by atoms with van der Waals surface area (Å²) >= 11 is 0. The van der Waals surface area contributed by atoms with Crippen molar-refractivity contribution in [2.24, 2.45) is 0 Å². The largest absolute Gasteiger partial charge is 0.493 e. The van der Waals surface area contributed by atoms with E-state index in [2.05, 4.69) is 5.32 Å². The van der Waals surface area contributed by atoms with E-state index in [0.29, 0.717) is 17.1 Å². The van der Waals surface area contributed by atoms with Crippen LogP contribution in [0.25, 0.3) is 0 Å². The Bertz CT molecular complexity index is 717. The fourth-order valence-corrected chi connectivity index (χ4v) is 2.19. The van der Waals surface area contributed by atoms with Gasteiger partial charge in [0.15, 0.2) is 11.5 Å². The van der Waals surface area contributed by atoms with Crippen LogP contribution in [0.5, 0.6) is 11.5 Å². The Morgan fingerprint density at radius 1 is 1.08 bits per heavy atom. The number of alkyl halides is 3. The third kappa shape index (κ3) is 5.70. The van der Waals surface area contributed by atoms with Crippen molar-refractivity contribution in [3.05, 3.63) is 59.7 Å². The molecule has 0 radical (unpaired) electrons. The molecule has 2 rings (SSSR count). The zero-order chi connectivity index (χ0) is 18.3. The molecule has 0 atom stereocenters. The van der Waals surface area contributed by atoms with Crippen LogP contribution in [0, 0.1) is 0 Å². The second-order valence-corrected chi connectivity index (χ2v) is 5.22. The molecule has 0 spiro atoms. The van der Waals surface area contributed by atoms with Gasteiger partial charge in [-0.2, -0.15) is 13.2 Å². The molecule has 4 nitrogen and oxygen atoms in total. The highest BCUT2D eigenvalue weighted by Crippen LogP contribution is 2.29. The molecule has 1 N–H and O–H groups in total. The standard InChI is InChI=1S/C18H18F3NO3/c1-24-15-7-2-3-8-16(15)25-10-9-22-17(23)12-13-5-4-6-14(11-13)18(19,20)21/h2-8,11H,9-10,12H2,1H3,(H,22,23). The number of ether oxygens (including phenoxy) is 2. The number of para-hydroxylation sites is 2. The Balaban J connectivity index is 1.79. The number of benzene rings is 2. The number of hydrogen-bond donors (Lipinski definition) is 1. The first kappa shape index (κ1) is 18.6. The predicted molar refractivity (Wildman–Crippen MR) is 86.6 cm³/mol. The molecule has 2 aromatic rings. The number of halogens is 3. The third-order valence-corrected chi connectivity index (χ3v) is 3.37. The van der Waals surface area contributed by atoms with E-state index < -0.39 is 11.7 Å². The van der Waals surface area contributed by atoms with E-state index in [9.17, 15) is 18.0 Å². The van der Waals surface area contributed by atoms with Gasteiger partial charge in [-0.1, -0.05) is 30.3 Å². The highest BCUT2D eigenvalue weighted by Gasteiger charge is 2.30. The molecule has 1 amide bonds. The summed E-state index contributed by atoms with van der Waals surface area (Å²) in [6.07, 6.45) is -4.55. The molecule has 134 valence electrons. The first-order chi connectivity index (χ1) is 11.9. The number of amides is 1. The van der Waals surface area contributed by atoms with Crippen molar-refractivity contribution in [3.8, 4) is 11.5 Å². The molecule has 0 fully saturated rings. The Morgan fingerprint density at radius 2 is 1.80 bits per heavy atom. The fraction of sp³-hybridized carbons (Fsp3) is 0.278. The average molecular weight is 353 g/mol. The molecule has 25 heavy (non-hydrogen) atoms. The summed E-state index contributed by atoms with van der Waals surface area (Å²) < 4.78 is 48.6. The lowest BCUT2D eigenvalue weighted by Crippen LogP contribution is -2.29. The lowest BCUT2D eigenvalue weighted by atomic mass is 10.1. The molecule has 0 heterocycles. The van der Waals surface area contributed by atoms with E-state index >= 15 is 0 Å². The maximum atomic E-state index is 12.6. The quantitative estimate of drug-likeness (QED) is 0.776. The molecule has 0 aliphatic carbocycles. The smallest absolute Gasteiger partial charge is 0.416 e. The molecule has 2 aromatic carbocycles. The zero-order valence-corrected chi connectivity index (χ0v) is 13.6. The van der Waals surface area contributed by atoms with E-state index in [4.69, 9.17) is 9.47 Å². The lowest BCUT2D eigenvalue weighted by molar-refractivity contribution is -0.137. The third-order valence-electron chi connectivity index (χ3n) is 3.37. The van der Waals surface area contributed by atoms with Gasteiger partial charge in [0.25, 0.3) is 0 Å². The summed E-state index contributed by atoms with van der Waals surface area (Å²) in [5.41, 5.74) is -0.463. The van der Waals surface area contributed by atoms with Crippen molar-refractivity contribution in [2.75, 3.05) is 20.3 Å². The molecule has 0 unspecified atom stereocenters. The monoisotopic (exact) mass is 353 g/mol. The summed E-state index contributed by atoms with van der Waals surface area (Å²) in [7, 11) is 1.53. The zero-order valence-electron chi connectivity index (χ0n) is 13.6. The van der Waals surface area contributed by atoms with Gasteiger partial charge < -0.3 is 14.8 Å². The van der Waals surface area contributed by atoms with Gasteiger partial charge in [0, 0.05) is 0 Å². The van der Waals surface area contributed by atoms with Crippen LogP contribution in [-0.4, -0.2) is 26.2 Å². The Hall–Kier alpha value is -2.70. The van der Waals surface area contributed by atoms with Crippen molar-refractivity contribution < 1.29 is 27.4 Å². The Labute approximate surface area is 143 Å². The average Bonchev–Trinajstić information content (AvgIpc) is 2.58. The van der Waals surface area contributed by atoms with Crippen LogP contribution in [-0.2, 0) is 17.4 Å². The summed E-state index contributed by atoms with van der Waals surface area (Å²) in [5.74, 6) is 0.762. The van der Waals surface area contributed by atoms with E-state index in [1.165, 1.54) is 19.2 Å². The van der Waals surface area contributed by atoms with E-state index in [-0.39, 0.29) is 25.5 Å². The van der Waals surface area contributed by atoms with Crippen molar-refractivity contribution in [2.45, 2.75) is 12.6 Å². The Kier molecular flexibility index (Phi) is 6.27. The summed E-state index contributed by atoms with van der Waals surface area (Å²) in [4.78, 5) is 11.8. The normalized spacial score (nSPS) is 11.0. The minimum Gasteiger partial charge on any atom is -0.493 e. The number of carbonyl (C=O) groups is 1. The first-order valence-corrected chi connectivity index (χ1v) is 7.59. The molecule has 0 saturated heterocycles. The molecule has 0 bridgehead atoms. The number of nitrogens with one attached hydrogen (secondary N) is 1. The maximum absolute atomic E-state index is 12.6. The van der Waals surface area contributed by atoms with E-state index in [1.807, 2.05) is 6.07 Å². The molecule has 0 saturated carbocycles. The van der Waals surface area contributed by atoms with Crippen molar-refractivity contribution in [1.82, 2.24) is 5.32 Å². The fourth-order valence-electron chi connectivity index (χ4n) is 2.19. The number of rotatable bonds is 7. The van der Waals surface area contributed by atoms with Gasteiger partial charge in [-0.05, 0) is 23.8 Å². The van der Waals surface area contributed by atoms with Crippen molar-refractivity contribution in [1.29, 1.82) is 0 Å². The van der Waals surface area contributed by atoms with Crippen LogP contribution in [0.4, 0.5) is 13.2 Å². The van der Waals surface area contributed by atoms with Gasteiger partial charge in [-0.25, -0.2) is 0 Å². The second kappa shape index (κ2) is 8.41.